The molecule has 0 saturated heterocycles. The van der Waals surface area contributed by atoms with Crippen molar-refractivity contribution in [1.82, 2.24) is 10.3 Å². The highest BCUT2D eigenvalue weighted by atomic mass is 16.2. The molecule has 1 heterocycles. The van der Waals surface area contributed by atoms with Crippen molar-refractivity contribution in [1.29, 1.82) is 0 Å². The zero-order valence-corrected chi connectivity index (χ0v) is 16.3. The van der Waals surface area contributed by atoms with Gasteiger partial charge in [-0.25, -0.2) is 9.78 Å². The van der Waals surface area contributed by atoms with Gasteiger partial charge in [0.2, 0.25) is 0 Å². The van der Waals surface area contributed by atoms with Gasteiger partial charge in [-0.05, 0) is 67.4 Å². The van der Waals surface area contributed by atoms with Gasteiger partial charge in [-0.3, -0.25) is 4.79 Å². The summed E-state index contributed by atoms with van der Waals surface area (Å²) in [5.41, 5.74) is 9.29. The maximum absolute atomic E-state index is 12.3. The molecule has 7 nitrogen and oxygen atoms in total. The third kappa shape index (κ3) is 5.55. The van der Waals surface area contributed by atoms with Crippen LogP contribution in [0.4, 0.5) is 22.0 Å². The smallest absolute Gasteiger partial charge is 0.323 e. The van der Waals surface area contributed by atoms with Crippen LogP contribution >= 0.6 is 0 Å². The van der Waals surface area contributed by atoms with Crippen LogP contribution in [-0.2, 0) is 0 Å². The fourth-order valence-electron chi connectivity index (χ4n) is 2.75. The van der Waals surface area contributed by atoms with Crippen molar-refractivity contribution in [2.45, 2.75) is 19.9 Å². The van der Waals surface area contributed by atoms with Crippen LogP contribution in [0.15, 0.2) is 66.9 Å². The van der Waals surface area contributed by atoms with E-state index >= 15 is 0 Å². The summed E-state index contributed by atoms with van der Waals surface area (Å²) in [6.45, 7) is 3.78. The van der Waals surface area contributed by atoms with Gasteiger partial charge in [0.05, 0.1) is 0 Å². The van der Waals surface area contributed by atoms with E-state index in [1.807, 2.05) is 32.0 Å². The quantitative estimate of drug-likeness (QED) is 0.526. The van der Waals surface area contributed by atoms with Crippen molar-refractivity contribution in [2.75, 3.05) is 16.4 Å². The average molecular weight is 389 g/mol. The summed E-state index contributed by atoms with van der Waals surface area (Å²) in [5.74, 6) is 0.268. The van der Waals surface area contributed by atoms with Crippen LogP contribution in [0.1, 0.15) is 24.2 Å². The molecule has 0 saturated carbocycles. The lowest BCUT2D eigenvalue weighted by molar-refractivity contribution is 0.0943. The van der Waals surface area contributed by atoms with E-state index in [4.69, 9.17) is 5.73 Å². The molecule has 148 valence electrons. The van der Waals surface area contributed by atoms with Gasteiger partial charge in [0.15, 0.2) is 0 Å². The van der Waals surface area contributed by atoms with Gasteiger partial charge in [0.1, 0.15) is 5.82 Å². The number of aromatic nitrogens is 1. The lowest BCUT2D eigenvalue weighted by Gasteiger charge is -2.11. The highest BCUT2D eigenvalue weighted by Gasteiger charge is 2.09. The van der Waals surface area contributed by atoms with Crippen LogP contribution in [-0.4, -0.2) is 23.0 Å². The molecule has 0 unspecified atom stereocenters. The topological polar surface area (TPSA) is 109 Å². The van der Waals surface area contributed by atoms with Gasteiger partial charge in [-0.2, -0.15) is 0 Å². The van der Waals surface area contributed by atoms with Crippen molar-refractivity contribution in [3.8, 4) is 11.1 Å². The summed E-state index contributed by atoms with van der Waals surface area (Å²) in [7, 11) is 0. The number of nitrogens with one attached hydrogen (secondary N) is 3. The molecule has 1 aromatic heterocycles. The summed E-state index contributed by atoms with van der Waals surface area (Å²) in [6, 6.07) is 17.5. The lowest BCUT2D eigenvalue weighted by Crippen LogP contribution is -2.30. The van der Waals surface area contributed by atoms with Gasteiger partial charge in [0.25, 0.3) is 5.91 Å². The largest absolute Gasteiger partial charge is 0.384 e. The SMILES string of the molecule is CC(C)NC(=O)c1cccc(NC(=O)Nc2ccc(-c3ccnc(N)c3)cc2)c1. The van der Waals surface area contributed by atoms with Crippen LogP contribution in [0.2, 0.25) is 0 Å². The number of carbonyl (C=O) groups excluding carboxylic acids is 2. The van der Waals surface area contributed by atoms with E-state index in [1.54, 1.807) is 48.7 Å². The molecule has 0 aliphatic carbocycles. The third-order valence-corrected chi connectivity index (χ3v) is 4.06. The van der Waals surface area contributed by atoms with E-state index in [2.05, 4.69) is 20.9 Å². The van der Waals surface area contributed by atoms with Gasteiger partial charge in [0, 0.05) is 29.2 Å². The Morgan fingerprint density at radius 2 is 1.62 bits per heavy atom. The Balaban J connectivity index is 1.63. The summed E-state index contributed by atoms with van der Waals surface area (Å²) in [6.07, 6.45) is 1.65. The summed E-state index contributed by atoms with van der Waals surface area (Å²) >= 11 is 0. The number of benzene rings is 2. The van der Waals surface area contributed by atoms with Crippen molar-refractivity contribution < 1.29 is 9.59 Å². The second-order valence-electron chi connectivity index (χ2n) is 6.83. The standard InChI is InChI=1S/C22H23N5O2/c1-14(2)25-21(28)17-4-3-5-19(12-17)27-22(29)26-18-8-6-15(7-9-18)16-10-11-24-20(23)13-16/h3-14H,1-2H3,(H2,23,24)(H,25,28)(H2,26,27,29). The fourth-order valence-corrected chi connectivity index (χ4v) is 2.75. The lowest BCUT2D eigenvalue weighted by atomic mass is 10.1. The molecule has 0 aliphatic heterocycles. The second kappa shape index (κ2) is 8.88. The summed E-state index contributed by atoms with van der Waals surface area (Å²) < 4.78 is 0. The molecule has 3 aromatic rings. The number of rotatable bonds is 5. The first kappa shape index (κ1) is 19.9. The molecule has 2 aromatic carbocycles. The Kier molecular flexibility index (Phi) is 6.09. The number of anilines is 3. The number of nitrogen functional groups attached to an aromatic ring is 1. The van der Waals surface area contributed by atoms with E-state index in [9.17, 15) is 9.59 Å². The molecule has 7 heteroatoms. The van der Waals surface area contributed by atoms with Crippen LogP contribution in [0.5, 0.6) is 0 Å². The van der Waals surface area contributed by atoms with E-state index in [-0.39, 0.29) is 11.9 Å². The number of amides is 3. The molecule has 0 fully saturated rings. The van der Waals surface area contributed by atoms with Crippen LogP contribution < -0.4 is 21.7 Å². The minimum Gasteiger partial charge on any atom is -0.384 e. The van der Waals surface area contributed by atoms with E-state index in [0.717, 1.165) is 11.1 Å². The normalized spacial score (nSPS) is 10.4. The third-order valence-electron chi connectivity index (χ3n) is 4.06. The zero-order valence-electron chi connectivity index (χ0n) is 16.3. The minimum atomic E-state index is -0.396. The monoisotopic (exact) mass is 389 g/mol. The van der Waals surface area contributed by atoms with Gasteiger partial charge in [-0.1, -0.05) is 18.2 Å². The second-order valence-corrected chi connectivity index (χ2v) is 6.83. The Hall–Kier alpha value is -3.87. The number of nitrogens with two attached hydrogens (primary N) is 1. The molecule has 0 bridgehead atoms. The molecule has 3 amide bonds. The summed E-state index contributed by atoms with van der Waals surface area (Å²) in [4.78, 5) is 28.4. The van der Waals surface area contributed by atoms with E-state index in [1.165, 1.54) is 0 Å². The molecule has 3 rings (SSSR count). The molecule has 29 heavy (non-hydrogen) atoms. The molecule has 0 radical (unpaired) electrons. The molecule has 0 atom stereocenters. The Morgan fingerprint density at radius 3 is 2.31 bits per heavy atom. The fraction of sp³-hybridized carbons (Fsp3) is 0.136. The van der Waals surface area contributed by atoms with Crippen molar-refractivity contribution in [3.63, 3.8) is 0 Å². The maximum Gasteiger partial charge on any atom is 0.323 e. The van der Waals surface area contributed by atoms with Gasteiger partial charge < -0.3 is 21.7 Å². The molecular weight excluding hydrogens is 366 g/mol. The first-order valence-electron chi connectivity index (χ1n) is 9.21. The minimum absolute atomic E-state index is 0.0361. The van der Waals surface area contributed by atoms with Gasteiger partial charge in [-0.15, -0.1) is 0 Å². The molecule has 0 spiro atoms. The highest BCUT2D eigenvalue weighted by Crippen LogP contribution is 2.22. The van der Waals surface area contributed by atoms with Crippen molar-refractivity contribution >= 4 is 29.1 Å². The molecule has 5 N–H and O–H groups in total. The summed E-state index contributed by atoms with van der Waals surface area (Å²) in [5, 5.41) is 8.33. The predicted octanol–water partition coefficient (Wildman–Crippen LogP) is 4.11. The number of nitrogens with zero attached hydrogens (tertiary/aromatic N) is 1. The zero-order chi connectivity index (χ0) is 20.8. The first-order chi connectivity index (χ1) is 13.9. The van der Waals surface area contributed by atoms with Gasteiger partial charge >= 0.3 is 6.03 Å². The Bertz CT molecular complexity index is 1020. The van der Waals surface area contributed by atoms with E-state index in [0.29, 0.717) is 22.8 Å². The predicted molar refractivity (Wildman–Crippen MR) is 116 cm³/mol. The van der Waals surface area contributed by atoms with Crippen molar-refractivity contribution in [3.05, 3.63) is 72.4 Å². The van der Waals surface area contributed by atoms with Crippen LogP contribution in [0.25, 0.3) is 11.1 Å². The molecular formula is C22H23N5O2. The number of hydrogen-bond acceptors (Lipinski definition) is 4. The van der Waals surface area contributed by atoms with Crippen molar-refractivity contribution in [2.24, 2.45) is 0 Å². The maximum atomic E-state index is 12.3. The number of urea groups is 1. The van der Waals surface area contributed by atoms with E-state index < -0.39 is 6.03 Å². The average Bonchev–Trinajstić information content (AvgIpc) is 2.68. The number of carbonyl (C=O) groups is 2. The van der Waals surface area contributed by atoms with Crippen LogP contribution in [0, 0.1) is 0 Å². The van der Waals surface area contributed by atoms with Crippen LogP contribution in [0.3, 0.4) is 0 Å². The first-order valence-corrected chi connectivity index (χ1v) is 9.21. The number of pyridine rings is 1. The highest BCUT2D eigenvalue weighted by molar-refractivity contribution is 6.01. The Labute approximate surface area is 169 Å². The number of hydrogen-bond donors (Lipinski definition) is 4. The molecule has 0 aliphatic rings. The Morgan fingerprint density at radius 1 is 0.897 bits per heavy atom.